The first-order valence-electron chi connectivity index (χ1n) is 11.3. The summed E-state index contributed by atoms with van der Waals surface area (Å²) in [6.07, 6.45) is -0.0341. The number of nitrogens with one attached hydrogen (secondary N) is 1. The highest BCUT2D eigenvalue weighted by molar-refractivity contribution is 9.10. The maximum Gasteiger partial charge on any atom is 0.252 e. The molecule has 1 atom stereocenters. The first-order chi connectivity index (χ1) is 17.4. The summed E-state index contributed by atoms with van der Waals surface area (Å²) in [4.78, 5) is 29.9. The Hall–Kier alpha value is -3.43. The van der Waals surface area contributed by atoms with Crippen molar-refractivity contribution < 1.29 is 19.1 Å². The lowest BCUT2D eigenvalue weighted by Gasteiger charge is -2.24. The van der Waals surface area contributed by atoms with Crippen LogP contribution in [-0.2, 0) is 22.7 Å². The first-order valence-corrected chi connectivity index (χ1v) is 12.5. The van der Waals surface area contributed by atoms with Crippen molar-refractivity contribution >= 4 is 50.8 Å². The Bertz CT molecular complexity index is 1250. The summed E-state index contributed by atoms with van der Waals surface area (Å²) in [7, 11) is 3.15. The Morgan fingerprint density at radius 3 is 2.31 bits per heavy atom. The number of hydrogen-bond acceptors (Lipinski definition) is 5. The number of amides is 2. The Labute approximate surface area is 224 Å². The summed E-state index contributed by atoms with van der Waals surface area (Å²) < 4.78 is 11.7. The molecule has 0 spiro atoms. The van der Waals surface area contributed by atoms with Gasteiger partial charge in [-0.2, -0.15) is 0 Å². The second kappa shape index (κ2) is 11.5. The molecule has 9 heteroatoms. The third-order valence-corrected chi connectivity index (χ3v) is 6.88. The van der Waals surface area contributed by atoms with Crippen LogP contribution in [0.15, 0.2) is 77.3 Å². The van der Waals surface area contributed by atoms with Gasteiger partial charge in [0.05, 0.1) is 27.2 Å². The summed E-state index contributed by atoms with van der Waals surface area (Å²) in [5, 5.41) is 3.27. The highest BCUT2D eigenvalue weighted by Gasteiger charge is 2.43. The normalized spacial score (nSPS) is 15.2. The Morgan fingerprint density at radius 2 is 1.64 bits per heavy atom. The number of thiocarbonyl (C=S) groups is 1. The van der Waals surface area contributed by atoms with E-state index in [0.29, 0.717) is 35.4 Å². The van der Waals surface area contributed by atoms with Gasteiger partial charge in [-0.3, -0.25) is 14.5 Å². The predicted molar refractivity (Wildman–Crippen MR) is 146 cm³/mol. The van der Waals surface area contributed by atoms with Crippen molar-refractivity contribution in [1.29, 1.82) is 0 Å². The molecule has 1 unspecified atom stereocenters. The fourth-order valence-corrected chi connectivity index (χ4v) is 4.69. The molecule has 2 amide bonds. The van der Waals surface area contributed by atoms with Crippen LogP contribution in [0.3, 0.4) is 0 Å². The lowest BCUT2D eigenvalue weighted by atomic mass is 10.1. The monoisotopic (exact) mass is 567 g/mol. The molecule has 0 aromatic heterocycles. The molecule has 1 aliphatic heterocycles. The van der Waals surface area contributed by atoms with Crippen LogP contribution in [-0.4, -0.2) is 47.0 Å². The van der Waals surface area contributed by atoms with Crippen LogP contribution in [0.1, 0.15) is 17.5 Å². The van der Waals surface area contributed by atoms with Crippen molar-refractivity contribution in [3.8, 4) is 11.5 Å². The zero-order chi connectivity index (χ0) is 25.7. The van der Waals surface area contributed by atoms with Gasteiger partial charge in [-0.15, -0.1) is 0 Å². The van der Waals surface area contributed by atoms with Crippen molar-refractivity contribution in [3.63, 3.8) is 0 Å². The van der Waals surface area contributed by atoms with Gasteiger partial charge in [-0.1, -0.05) is 52.3 Å². The average Bonchev–Trinajstić information content (AvgIpc) is 3.09. The van der Waals surface area contributed by atoms with Crippen molar-refractivity contribution in [3.05, 3.63) is 88.4 Å². The van der Waals surface area contributed by atoms with Gasteiger partial charge in [0.15, 0.2) is 16.6 Å². The van der Waals surface area contributed by atoms with Gasteiger partial charge in [0, 0.05) is 16.7 Å². The summed E-state index contributed by atoms with van der Waals surface area (Å²) in [6.45, 7) is 0.679. The average molecular weight is 568 g/mol. The van der Waals surface area contributed by atoms with Gasteiger partial charge in [0.25, 0.3) is 5.91 Å². The fraction of sp³-hybridized carbons (Fsp3) is 0.222. The van der Waals surface area contributed by atoms with E-state index < -0.39 is 6.04 Å². The number of nitrogens with zero attached hydrogens (tertiary/aromatic N) is 2. The summed E-state index contributed by atoms with van der Waals surface area (Å²) >= 11 is 9.15. The highest BCUT2D eigenvalue weighted by Crippen LogP contribution is 2.31. The van der Waals surface area contributed by atoms with E-state index in [1.807, 2.05) is 65.6 Å². The van der Waals surface area contributed by atoms with Gasteiger partial charge in [-0.05, 0) is 59.7 Å². The molecule has 3 aromatic carbocycles. The first kappa shape index (κ1) is 25.7. The van der Waals surface area contributed by atoms with E-state index in [0.717, 1.165) is 15.6 Å². The summed E-state index contributed by atoms with van der Waals surface area (Å²) in [5.74, 6) is 0.724. The number of carbonyl (C=O) groups excluding carboxylic acids is 2. The second-order valence-corrected chi connectivity index (χ2v) is 9.57. The summed E-state index contributed by atoms with van der Waals surface area (Å²) in [5.41, 5.74) is 2.49. The zero-order valence-corrected chi connectivity index (χ0v) is 22.3. The van der Waals surface area contributed by atoms with Crippen LogP contribution in [0.2, 0.25) is 0 Å². The SMILES string of the molecule is COc1ccc(CN2C(=S)N(Cc3ccccc3)C(=O)C2CC(=O)Nc2ccc(Br)cc2)cc1OC. The molecule has 1 saturated heterocycles. The van der Waals surface area contributed by atoms with Gasteiger partial charge in [0.2, 0.25) is 5.91 Å². The minimum Gasteiger partial charge on any atom is -0.493 e. The van der Waals surface area contributed by atoms with Gasteiger partial charge in [0.1, 0.15) is 6.04 Å². The molecular formula is C27H26BrN3O4S. The topological polar surface area (TPSA) is 71.1 Å². The van der Waals surface area contributed by atoms with E-state index in [9.17, 15) is 9.59 Å². The third-order valence-electron chi connectivity index (χ3n) is 5.90. The molecular weight excluding hydrogens is 542 g/mol. The Balaban J connectivity index is 1.58. The molecule has 7 nitrogen and oxygen atoms in total. The maximum absolute atomic E-state index is 13.5. The number of benzene rings is 3. The lowest BCUT2D eigenvalue weighted by molar-refractivity contribution is -0.131. The minimum atomic E-state index is -0.732. The number of methoxy groups -OCH3 is 2. The molecule has 1 aliphatic rings. The molecule has 0 aliphatic carbocycles. The molecule has 0 saturated carbocycles. The Kier molecular flexibility index (Phi) is 8.22. The smallest absolute Gasteiger partial charge is 0.252 e. The maximum atomic E-state index is 13.5. The van der Waals surface area contributed by atoms with Crippen LogP contribution in [0.5, 0.6) is 11.5 Å². The molecule has 1 fully saturated rings. The molecule has 0 radical (unpaired) electrons. The van der Waals surface area contributed by atoms with Crippen LogP contribution in [0, 0.1) is 0 Å². The molecule has 36 heavy (non-hydrogen) atoms. The number of carbonyl (C=O) groups is 2. The molecule has 186 valence electrons. The van der Waals surface area contributed by atoms with Crippen LogP contribution < -0.4 is 14.8 Å². The second-order valence-electron chi connectivity index (χ2n) is 8.28. The van der Waals surface area contributed by atoms with Crippen molar-refractivity contribution in [2.24, 2.45) is 0 Å². The van der Waals surface area contributed by atoms with Crippen LogP contribution in [0.4, 0.5) is 5.69 Å². The predicted octanol–water partition coefficient (Wildman–Crippen LogP) is 4.99. The third kappa shape index (κ3) is 5.85. The van der Waals surface area contributed by atoms with E-state index in [1.165, 1.54) is 0 Å². The fourth-order valence-electron chi connectivity index (χ4n) is 4.08. The zero-order valence-electron chi connectivity index (χ0n) is 19.9. The van der Waals surface area contributed by atoms with Crippen LogP contribution >= 0.6 is 28.1 Å². The molecule has 3 aromatic rings. The van der Waals surface area contributed by atoms with Gasteiger partial charge < -0.3 is 19.7 Å². The minimum absolute atomic E-state index is 0.0341. The van der Waals surface area contributed by atoms with Crippen LogP contribution in [0.25, 0.3) is 0 Å². The summed E-state index contributed by atoms with van der Waals surface area (Å²) in [6, 6.07) is 21.8. The van der Waals surface area contributed by atoms with E-state index in [2.05, 4.69) is 21.2 Å². The van der Waals surface area contributed by atoms with Gasteiger partial charge >= 0.3 is 0 Å². The number of halogens is 1. The number of anilines is 1. The van der Waals surface area contributed by atoms with E-state index in [1.54, 1.807) is 31.3 Å². The van der Waals surface area contributed by atoms with E-state index in [4.69, 9.17) is 21.7 Å². The van der Waals surface area contributed by atoms with Crippen molar-refractivity contribution in [2.45, 2.75) is 25.6 Å². The standard InChI is InChI=1S/C27H26BrN3O4S/c1-34-23-13-8-19(14-24(23)35-2)17-30-22(15-25(32)29-21-11-9-20(28)10-12-21)26(33)31(27(30)36)16-18-6-4-3-5-7-18/h3-14,22H,15-17H2,1-2H3,(H,29,32). The van der Waals surface area contributed by atoms with Gasteiger partial charge in [-0.25, -0.2) is 0 Å². The Morgan fingerprint density at radius 1 is 0.944 bits per heavy atom. The van der Waals surface area contributed by atoms with E-state index >= 15 is 0 Å². The van der Waals surface area contributed by atoms with E-state index in [-0.39, 0.29) is 18.2 Å². The lowest BCUT2D eigenvalue weighted by Crippen LogP contribution is -2.37. The molecule has 0 bridgehead atoms. The largest absolute Gasteiger partial charge is 0.493 e. The number of hydrogen-bond donors (Lipinski definition) is 1. The van der Waals surface area contributed by atoms with Crippen molar-refractivity contribution in [1.82, 2.24) is 9.80 Å². The number of rotatable bonds is 9. The molecule has 4 rings (SSSR count). The molecule has 1 N–H and O–H groups in total. The number of ether oxygens (including phenoxy) is 2. The van der Waals surface area contributed by atoms with Crippen molar-refractivity contribution in [2.75, 3.05) is 19.5 Å². The highest BCUT2D eigenvalue weighted by atomic mass is 79.9. The quantitative estimate of drug-likeness (QED) is 0.367. The molecule has 1 heterocycles.